The molecule has 8 heteroatoms. The van der Waals surface area contributed by atoms with E-state index in [4.69, 9.17) is 0 Å². The highest BCUT2D eigenvalue weighted by Gasteiger charge is 2.17. The summed E-state index contributed by atoms with van der Waals surface area (Å²) in [6.45, 7) is 3.43. The molecule has 0 aliphatic rings. The molecule has 2 amide bonds. The van der Waals surface area contributed by atoms with Gasteiger partial charge in [0, 0.05) is 5.69 Å². The number of benzene rings is 2. The Kier molecular flexibility index (Phi) is 6.95. The molecule has 0 saturated carbocycles. The largest absolute Gasteiger partial charge is 0.325 e. The molecule has 5 nitrogen and oxygen atoms in total. The van der Waals surface area contributed by atoms with Crippen molar-refractivity contribution in [2.45, 2.75) is 13.8 Å². The third-order valence-corrected chi connectivity index (χ3v) is 3.88. The number of rotatable bonds is 7. The van der Waals surface area contributed by atoms with Crippen molar-refractivity contribution < 1.29 is 22.8 Å². The minimum Gasteiger partial charge on any atom is -0.325 e. The van der Waals surface area contributed by atoms with E-state index in [9.17, 15) is 22.8 Å². The topological polar surface area (TPSA) is 61.4 Å². The smallest absolute Gasteiger partial charge is 0.238 e. The van der Waals surface area contributed by atoms with E-state index in [-0.39, 0.29) is 13.1 Å². The lowest BCUT2D eigenvalue weighted by atomic mass is 10.2. The number of nitrogens with zero attached hydrogens (tertiary/aromatic N) is 1. The van der Waals surface area contributed by atoms with Gasteiger partial charge >= 0.3 is 0 Å². The molecule has 144 valence electrons. The second-order valence-electron chi connectivity index (χ2n) is 5.96. The third-order valence-electron chi connectivity index (χ3n) is 3.88. The van der Waals surface area contributed by atoms with E-state index in [1.54, 1.807) is 19.9 Å². The van der Waals surface area contributed by atoms with Gasteiger partial charge in [-0.05, 0) is 43.3 Å². The minimum atomic E-state index is -0.884. The van der Waals surface area contributed by atoms with E-state index >= 15 is 0 Å². The maximum atomic E-state index is 13.6. The fourth-order valence-electron chi connectivity index (χ4n) is 2.40. The van der Waals surface area contributed by atoms with E-state index < -0.39 is 35.0 Å². The molecule has 0 unspecified atom stereocenters. The summed E-state index contributed by atoms with van der Waals surface area (Å²) < 4.78 is 40.5. The number of nitrogens with one attached hydrogen (secondary N) is 2. The molecule has 0 heterocycles. The van der Waals surface area contributed by atoms with Crippen molar-refractivity contribution in [3.63, 3.8) is 0 Å². The Morgan fingerprint density at radius 2 is 1.56 bits per heavy atom. The first-order valence-electron chi connectivity index (χ1n) is 8.32. The lowest BCUT2D eigenvalue weighted by molar-refractivity contribution is -0.120. The highest BCUT2D eigenvalue weighted by atomic mass is 19.1. The van der Waals surface area contributed by atoms with Crippen molar-refractivity contribution in [1.82, 2.24) is 4.90 Å². The molecule has 2 rings (SSSR count). The number of para-hydroxylation sites is 1. The maximum absolute atomic E-state index is 13.6. The van der Waals surface area contributed by atoms with Gasteiger partial charge in [-0.15, -0.1) is 0 Å². The second-order valence-corrected chi connectivity index (χ2v) is 5.96. The molecular weight excluding hydrogens is 359 g/mol. The maximum Gasteiger partial charge on any atom is 0.238 e. The molecule has 2 aromatic carbocycles. The summed E-state index contributed by atoms with van der Waals surface area (Å²) in [4.78, 5) is 25.7. The quantitative estimate of drug-likeness (QED) is 0.776. The lowest BCUT2D eigenvalue weighted by Crippen LogP contribution is -2.39. The average Bonchev–Trinajstić information content (AvgIpc) is 2.61. The molecule has 0 radical (unpaired) electrons. The van der Waals surface area contributed by atoms with Gasteiger partial charge in [-0.1, -0.05) is 19.1 Å². The van der Waals surface area contributed by atoms with Gasteiger partial charge in [0.1, 0.15) is 23.1 Å². The van der Waals surface area contributed by atoms with Gasteiger partial charge in [-0.3, -0.25) is 14.5 Å². The molecule has 0 aliphatic carbocycles. The molecular formula is C19H20F3N3O2. The van der Waals surface area contributed by atoms with E-state index in [1.165, 1.54) is 23.1 Å². The third kappa shape index (κ3) is 5.82. The molecule has 27 heavy (non-hydrogen) atoms. The van der Waals surface area contributed by atoms with Crippen LogP contribution >= 0.6 is 0 Å². The normalized spacial score (nSPS) is 10.7. The molecule has 0 atom stereocenters. The monoisotopic (exact) mass is 379 g/mol. The summed E-state index contributed by atoms with van der Waals surface area (Å²) in [7, 11) is 0. The number of carbonyl (C=O) groups excluding carboxylic acids is 2. The number of aryl methyl sites for hydroxylation is 1. The van der Waals surface area contributed by atoms with Crippen molar-refractivity contribution in [2.24, 2.45) is 0 Å². The first-order valence-corrected chi connectivity index (χ1v) is 8.32. The van der Waals surface area contributed by atoms with Gasteiger partial charge in [-0.25, -0.2) is 13.2 Å². The molecule has 0 bridgehead atoms. The van der Waals surface area contributed by atoms with E-state index in [0.29, 0.717) is 17.8 Å². The zero-order valence-corrected chi connectivity index (χ0v) is 15.0. The zero-order chi connectivity index (χ0) is 20.0. The summed E-state index contributed by atoms with van der Waals surface area (Å²) >= 11 is 0. The van der Waals surface area contributed by atoms with Crippen LogP contribution in [-0.2, 0) is 9.59 Å². The van der Waals surface area contributed by atoms with Crippen LogP contribution in [0.25, 0.3) is 0 Å². The van der Waals surface area contributed by atoms with Crippen molar-refractivity contribution in [3.05, 3.63) is 59.4 Å². The van der Waals surface area contributed by atoms with Gasteiger partial charge in [0.05, 0.1) is 13.1 Å². The van der Waals surface area contributed by atoms with E-state index in [0.717, 1.165) is 12.1 Å². The van der Waals surface area contributed by atoms with Crippen LogP contribution < -0.4 is 10.6 Å². The summed E-state index contributed by atoms with van der Waals surface area (Å²) in [6, 6.07) is 7.29. The number of likely N-dealkylation sites (N-methyl/N-ethyl adjacent to an activating group) is 1. The zero-order valence-electron chi connectivity index (χ0n) is 15.0. The molecule has 0 aromatic heterocycles. The van der Waals surface area contributed by atoms with Crippen molar-refractivity contribution in [1.29, 1.82) is 0 Å². The fourth-order valence-corrected chi connectivity index (χ4v) is 2.40. The summed E-state index contributed by atoms with van der Waals surface area (Å²) in [5.41, 5.74) is 0.507. The summed E-state index contributed by atoms with van der Waals surface area (Å²) in [5.74, 6) is -3.34. The van der Waals surface area contributed by atoms with Crippen LogP contribution in [-0.4, -0.2) is 36.3 Å². The second kappa shape index (κ2) is 9.18. The number of hydrogen-bond donors (Lipinski definition) is 2. The Hall–Kier alpha value is -2.87. The van der Waals surface area contributed by atoms with Gasteiger partial charge < -0.3 is 10.6 Å². The number of anilines is 2. The standard InChI is InChI=1S/C19H20F3N3O2/c1-3-25(10-17(26)23-16-9-13(20)8-7-12(16)2)11-18(27)24-19-14(21)5-4-6-15(19)22/h4-9H,3,10-11H2,1-2H3,(H,23,26)(H,24,27). The van der Waals surface area contributed by atoms with Crippen LogP contribution in [0, 0.1) is 24.4 Å². The van der Waals surface area contributed by atoms with Gasteiger partial charge in [-0.2, -0.15) is 0 Å². The Labute approximate surface area is 155 Å². The van der Waals surface area contributed by atoms with Crippen LogP contribution in [0.5, 0.6) is 0 Å². The summed E-state index contributed by atoms with van der Waals surface area (Å²) in [5, 5.41) is 4.76. The van der Waals surface area contributed by atoms with Crippen LogP contribution in [0.15, 0.2) is 36.4 Å². The first kappa shape index (κ1) is 20.4. The predicted molar refractivity (Wildman–Crippen MR) is 96.9 cm³/mol. The molecule has 2 aromatic rings. The lowest BCUT2D eigenvalue weighted by Gasteiger charge is -2.20. The summed E-state index contributed by atoms with van der Waals surface area (Å²) in [6.07, 6.45) is 0. The van der Waals surface area contributed by atoms with Crippen molar-refractivity contribution >= 4 is 23.2 Å². The number of halogens is 3. The fraction of sp³-hybridized carbons (Fsp3) is 0.263. The Bertz CT molecular complexity index is 823. The molecule has 2 N–H and O–H groups in total. The Balaban J connectivity index is 1.95. The van der Waals surface area contributed by atoms with Gasteiger partial charge in [0.15, 0.2) is 0 Å². The van der Waals surface area contributed by atoms with Gasteiger partial charge in [0.25, 0.3) is 0 Å². The minimum absolute atomic E-state index is 0.139. The van der Waals surface area contributed by atoms with Gasteiger partial charge in [0.2, 0.25) is 11.8 Å². The first-order chi connectivity index (χ1) is 12.8. The molecule has 0 aliphatic heterocycles. The van der Waals surface area contributed by atoms with Crippen molar-refractivity contribution in [2.75, 3.05) is 30.3 Å². The SMILES string of the molecule is CCN(CC(=O)Nc1cc(F)ccc1C)CC(=O)Nc1c(F)cccc1F. The Morgan fingerprint density at radius 3 is 2.15 bits per heavy atom. The van der Waals surface area contributed by atoms with E-state index in [2.05, 4.69) is 10.6 Å². The van der Waals surface area contributed by atoms with Crippen LogP contribution in [0.2, 0.25) is 0 Å². The molecule has 0 spiro atoms. The number of hydrogen-bond acceptors (Lipinski definition) is 3. The number of carbonyl (C=O) groups is 2. The highest BCUT2D eigenvalue weighted by molar-refractivity contribution is 5.95. The average molecular weight is 379 g/mol. The highest BCUT2D eigenvalue weighted by Crippen LogP contribution is 2.18. The Morgan fingerprint density at radius 1 is 0.963 bits per heavy atom. The van der Waals surface area contributed by atoms with Crippen LogP contribution in [0.1, 0.15) is 12.5 Å². The molecule has 0 fully saturated rings. The van der Waals surface area contributed by atoms with Crippen LogP contribution in [0.4, 0.5) is 24.5 Å². The van der Waals surface area contributed by atoms with E-state index in [1.807, 2.05) is 0 Å². The predicted octanol–water partition coefficient (Wildman–Crippen LogP) is 3.31. The molecule has 0 saturated heterocycles. The van der Waals surface area contributed by atoms with Crippen molar-refractivity contribution in [3.8, 4) is 0 Å². The number of amides is 2. The van der Waals surface area contributed by atoms with Crippen LogP contribution in [0.3, 0.4) is 0 Å².